The molecule has 2 amide bonds. The third kappa shape index (κ3) is 4.28. The van der Waals surface area contributed by atoms with Crippen molar-refractivity contribution in [3.63, 3.8) is 0 Å². The minimum absolute atomic E-state index is 0.0350. The lowest BCUT2D eigenvalue weighted by molar-refractivity contribution is -0.122. The van der Waals surface area contributed by atoms with Crippen LogP contribution in [0.5, 0.6) is 5.75 Å². The number of hydrogen-bond donors (Lipinski definition) is 3. The molecule has 1 unspecified atom stereocenters. The van der Waals surface area contributed by atoms with Gasteiger partial charge in [-0.3, -0.25) is 19.8 Å². The topological polar surface area (TPSA) is 112 Å². The average Bonchev–Trinajstić information content (AvgIpc) is 3.09. The largest absolute Gasteiger partial charge is 0.491 e. The molecule has 3 N–H and O–H groups in total. The summed E-state index contributed by atoms with van der Waals surface area (Å²) in [5.74, 6) is 0.308. The highest BCUT2D eigenvalue weighted by Crippen LogP contribution is 2.24. The second kappa shape index (κ2) is 8.34. The molecule has 0 saturated carbocycles. The number of rotatable bonds is 6. The van der Waals surface area contributed by atoms with Gasteiger partial charge in [0.2, 0.25) is 0 Å². The maximum Gasteiger partial charge on any atom is 0.270 e. The smallest absolute Gasteiger partial charge is 0.270 e. The van der Waals surface area contributed by atoms with E-state index in [0.717, 1.165) is 0 Å². The number of thiocarbonyl (C=S) groups is 1. The Hall–Kier alpha value is -3.01. The number of hydrogen-bond acceptors (Lipinski definition) is 7. The molecular formula is C19H18N2O6S. The van der Waals surface area contributed by atoms with Crippen molar-refractivity contribution >= 4 is 40.9 Å². The lowest BCUT2D eigenvalue weighted by Crippen LogP contribution is -2.54. The van der Waals surface area contributed by atoms with Crippen molar-refractivity contribution in [1.82, 2.24) is 5.32 Å². The monoisotopic (exact) mass is 402 g/mol. The minimum Gasteiger partial charge on any atom is -0.491 e. The molecule has 1 aromatic heterocycles. The first-order valence-electron chi connectivity index (χ1n) is 8.38. The van der Waals surface area contributed by atoms with Crippen LogP contribution in [-0.2, 0) is 9.59 Å². The first-order valence-corrected chi connectivity index (χ1v) is 8.79. The molecule has 0 bridgehead atoms. The number of aliphatic hydroxyl groups excluding tert-OH is 2. The van der Waals surface area contributed by atoms with Crippen molar-refractivity contribution in [1.29, 1.82) is 0 Å². The van der Waals surface area contributed by atoms with E-state index in [1.54, 1.807) is 43.3 Å². The summed E-state index contributed by atoms with van der Waals surface area (Å²) in [5, 5.41) is 20.6. The number of carbonyl (C=O) groups is 2. The van der Waals surface area contributed by atoms with Gasteiger partial charge in [0.15, 0.2) is 5.11 Å². The number of ether oxygens (including phenoxy) is 1. The molecule has 8 nitrogen and oxygen atoms in total. The summed E-state index contributed by atoms with van der Waals surface area (Å²) in [7, 11) is 0. The van der Waals surface area contributed by atoms with Crippen LogP contribution in [0.25, 0.3) is 6.08 Å². The van der Waals surface area contributed by atoms with Gasteiger partial charge in [-0.15, -0.1) is 0 Å². The van der Waals surface area contributed by atoms with Crippen LogP contribution >= 0.6 is 12.2 Å². The van der Waals surface area contributed by atoms with Crippen molar-refractivity contribution in [2.75, 3.05) is 18.1 Å². The third-order valence-corrected chi connectivity index (χ3v) is 4.18. The Morgan fingerprint density at radius 2 is 1.96 bits per heavy atom. The van der Waals surface area contributed by atoms with Gasteiger partial charge in [-0.2, -0.15) is 0 Å². The Labute approximate surface area is 166 Å². The lowest BCUT2D eigenvalue weighted by atomic mass is 10.1. The number of nitrogens with one attached hydrogen (secondary N) is 1. The fraction of sp³-hybridized carbons (Fsp3) is 0.211. The van der Waals surface area contributed by atoms with Crippen molar-refractivity contribution in [3.8, 4) is 5.75 Å². The molecule has 0 radical (unpaired) electrons. The number of amides is 2. The molecule has 3 rings (SSSR count). The molecular weight excluding hydrogens is 384 g/mol. The van der Waals surface area contributed by atoms with Crippen molar-refractivity contribution in [3.05, 3.63) is 53.5 Å². The van der Waals surface area contributed by atoms with E-state index in [1.165, 1.54) is 11.0 Å². The number of nitrogens with zero attached hydrogens (tertiary/aromatic N) is 1. The first kappa shape index (κ1) is 19.7. The molecule has 9 heteroatoms. The van der Waals surface area contributed by atoms with Crippen LogP contribution in [0.15, 0.2) is 46.4 Å². The van der Waals surface area contributed by atoms with E-state index in [4.69, 9.17) is 26.5 Å². The molecule has 2 heterocycles. The van der Waals surface area contributed by atoms with Gasteiger partial charge in [-0.1, -0.05) is 0 Å². The molecule has 1 aliphatic rings. The molecule has 1 fully saturated rings. The zero-order valence-corrected chi connectivity index (χ0v) is 15.7. The number of anilines is 1. The van der Waals surface area contributed by atoms with E-state index in [1.807, 2.05) is 0 Å². The van der Waals surface area contributed by atoms with E-state index in [2.05, 4.69) is 5.32 Å². The lowest BCUT2D eigenvalue weighted by Gasteiger charge is -2.28. The summed E-state index contributed by atoms with van der Waals surface area (Å²) < 4.78 is 10.7. The molecule has 1 atom stereocenters. The molecule has 146 valence electrons. The molecule has 1 aliphatic heterocycles. The minimum atomic E-state index is -0.982. The highest BCUT2D eigenvalue weighted by atomic mass is 32.1. The predicted octanol–water partition coefficient (Wildman–Crippen LogP) is 1.15. The summed E-state index contributed by atoms with van der Waals surface area (Å²) >= 11 is 5.15. The Kier molecular flexibility index (Phi) is 5.88. The molecule has 28 heavy (non-hydrogen) atoms. The summed E-state index contributed by atoms with van der Waals surface area (Å²) in [6, 6.07) is 9.75. The molecule has 0 aliphatic carbocycles. The van der Waals surface area contributed by atoms with Gasteiger partial charge < -0.3 is 19.4 Å². The Morgan fingerprint density at radius 3 is 2.57 bits per heavy atom. The van der Waals surface area contributed by atoms with E-state index in [0.29, 0.717) is 23.0 Å². The van der Waals surface area contributed by atoms with Crippen LogP contribution in [0.1, 0.15) is 11.5 Å². The van der Waals surface area contributed by atoms with Crippen LogP contribution < -0.4 is 15.0 Å². The average molecular weight is 402 g/mol. The molecule has 2 aromatic rings. The van der Waals surface area contributed by atoms with Crippen molar-refractivity contribution in [2.45, 2.75) is 13.0 Å². The van der Waals surface area contributed by atoms with E-state index in [-0.39, 0.29) is 17.3 Å². The van der Waals surface area contributed by atoms with E-state index < -0.39 is 24.5 Å². The normalized spacial score (nSPS) is 17.0. The summed E-state index contributed by atoms with van der Waals surface area (Å²) in [6.07, 6.45) is 0.386. The number of aliphatic hydroxyl groups is 2. The summed E-state index contributed by atoms with van der Waals surface area (Å²) in [6.45, 7) is 1.29. The predicted molar refractivity (Wildman–Crippen MR) is 105 cm³/mol. The van der Waals surface area contributed by atoms with Crippen molar-refractivity contribution in [2.24, 2.45) is 0 Å². The Bertz CT molecular complexity index is 934. The molecule has 0 spiro atoms. The van der Waals surface area contributed by atoms with Crippen LogP contribution in [0.2, 0.25) is 0 Å². The fourth-order valence-electron chi connectivity index (χ4n) is 2.50. The zero-order valence-electron chi connectivity index (χ0n) is 14.9. The highest BCUT2D eigenvalue weighted by molar-refractivity contribution is 7.80. The van der Waals surface area contributed by atoms with E-state index in [9.17, 15) is 14.7 Å². The van der Waals surface area contributed by atoms with Crippen LogP contribution in [-0.4, -0.2) is 46.5 Å². The fourth-order valence-corrected chi connectivity index (χ4v) is 2.78. The number of aryl methyl sites for hydroxylation is 1. The molecule has 1 saturated heterocycles. The first-order chi connectivity index (χ1) is 13.4. The maximum absolute atomic E-state index is 12.9. The van der Waals surface area contributed by atoms with Crippen LogP contribution in [0.3, 0.4) is 0 Å². The second-order valence-electron chi connectivity index (χ2n) is 6.05. The summed E-state index contributed by atoms with van der Waals surface area (Å²) in [5.41, 5.74) is 0.334. The van der Waals surface area contributed by atoms with Crippen LogP contribution in [0.4, 0.5) is 5.69 Å². The van der Waals surface area contributed by atoms with Gasteiger partial charge >= 0.3 is 0 Å². The highest BCUT2D eigenvalue weighted by Gasteiger charge is 2.34. The maximum atomic E-state index is 12.9. The Morgan fingerprint density at radius 1 is 1.25 bits per heavy atom. The standard InChI is InChI=1S/C19H18N2O6S/c1-11-2-5-15(27-11)8-16-17(24)20-19(28)21(18(16)25)12-3-6-14(7-4-12)26-10-13(23)9-22/h2-8,13,22-23H,9-10H2,1H3,(H,20,24,28). The zero-order chi connectivity index (χ0) is 20.3. The van der Waals surface area contributed by atoms with Gasteiger partial charge in [-0.05, 0) is 61.6 Å². The number of benzene rings is 1. The summed E-state index contributed by atoms with van der Waals surface area (Å²) in [4.78, 5) is 26.3. The van der Waals surface area contributed by atoms with Gasteiger partial charge in [0, 0.05) is 0 Å². The second-order valence-corrected chi connectivity index (χ2v) is 6.43. The van der Waals surface area contributed by atoms with Gasteiger partial charge in [-0.25, -0.2) is 0 Å². The number of carbonyl (C=O) groups excluding carboxylic acids is 2. The van der Waals surface area contributed by atoms with Crippen molar-refractivity contribution < 1.29 is 29.0 Å². The Balaban J connectivity index is 1.82. The quantitative estimate of drug-likeness (QED) is 0.377. The van der Waals surface area contributed by atoms with Gasteiger partial charge in [0.25, 0.3) is 11.8 Å². The van der Waals surface area contributed by atoms with Crippen LogP contribution in [0, 0.1) is 6.92 Å². The van der Waals surface area contributed by atoms with Gasteiger partial charge in [0.1, 0.15) is 35.6 Å². The molecule has 1 aromatic carbocycles. The third-order valence-electron chi connectivity index (χ3n) is 3.90. The van der Waals surface area contributed by atoms with Gasteiger partial charge in [0.05, 0.1) is 12.3 Å². The number of furan rings is 1. The van der Waals surface area contributed by atoms with E-state index >= 15 is 0 Å². The SMILES string of the molecule is Cc1ccc(C=C2C(=O)NC(=S)N(c3ccc(OCC(O)CO)cc3)C2=O)o1.